The SMILES string of the molecule is CON(C)C(=O)[C@H]1N=CO[C@@H]1c1ccccc1. The van der Waals surface area contributed by atoms with E-state index in [0.29, 0.717) is 0 Å². The maximum Gasteiger partial charge on any atom is 0.274 e. The standard InChI is InChI=1S/C12H14N2O3/c1-14(16-2)12(15)10-11(17-8-13-10)9-6-4-3-5-7-9/h3-8,10-11H,1-2H3/t10-,11+/m0/s1. The smallest absolute Gasteiger partial charge is 0.274 e. The predicted octanol–water partition coefficient (Wildman–Crippen LogP) is 1.17. The summed E-state index contributed by atoms with van der Waals surface area (Å²) in [5, 5.41) is 1.16. The molecule has 1 heterocycles. The number of carbonyl (C=O) groups is 1. The normalized spacial score (nSPS) is 22.2. The number of carbonyl (C=O) groups excluding carboxylic acids is 1. The van der Waals surface area contributed by atoms with Crippen LogP contribution in [0.2, 0.25) is 0 Å². The summed E-state index contributed by atoms with van der Waals surface area (Å²) in [6, 6.07) is 8.95. The Bertz CT molecular complexity index is 419. The number of ether oxygens (including phenoxy) is 1. The lowest BCUT2D eigenvalue weighted by Gasteiger charge is -2.21. The fraction of sp³-hybridized carbons (Fsp3) is 0.333. The van der Waals surface area contributed by atoms with Crippen molar-refractivity contribution in [3.05, 3.63) is 35.9 Å². The van der Waals surface area contributed by atoms with Crippen molar-refractivity contribution < 1.29 is 14.4 Å². The third-order valence-electron chi connectivity index (χ3n) is 2.68. The van der Waals surface area contributed by atoms with Crippen LogP contribution in [0.4, 0.5) is 0 Å². The molecule has 17 heavy (non-hydrogen) atoms. The highest BCUT2D eigenvalue weighted by Crippen LogP contribution is 2.27. The second-order valence-electron chi connectivity index (χ2n) is 3.68. The van der Waals surface area contributed by atoms with Gasteiger partial charge in [0.25, 0.3) is 5.91 Å². The first-order valence-electron chi connectivity index (χ1n) is 5.27. The molecule has 0 saturated carbocycles. The molecule has 1 aromatic carbocycles. The zero-order chi connectivity index (χ0) is 12.3. The Morgan fingerprint density at radius 1 is 1.41 bits per heavy atom. The van der Waals surface area contributed by atoms with Gasteiger partial charge in [-0.25, -0.2) is 10.1 Å². The number of aliphatic imine (C=N–C) groups is 1. The van der Waals surface area contributed by atoms with E-state index in [4.69, 9.17) is 9.57 Å². The number of hydroxylamine groups is 2. The van der Waals surface area contributed by atoms with E-state index in [-0.39, 0.29) is 12.0 Å². The Morgan fingerprint density at radius 3 is 2.76 bits per heavy atom. The average Bonchev–Trinajstić information content (AvgIpc) is 2.87. The molecule has 0 N–H and O–H groups in total. The quantitative estimate of drug-likeness (QED) is 0.738. The van der Waals surface area contributed by atoms with E-state index in [1.165, 1.54) is 13.5 Å². The molecule has 90 valence electrons. The molecule has 2 rings (SSSR count). The van der Waals surface area contributed by atoms with Gasteiger partial charge in [0.1, 0.15) is 0 Å². The number of hydrogen-bond donors (Lipinski definition) is 0. The van der Waals surface area contributed by atoms with Crippen LogP contribution in [0, 0.1) is 0 Å². The highest BCUT2D eigenvalue weighted by atomic mass is 16.7. The van der Waals surface area contributed by atoms with Gasteiger partial charge < -0.3 is 4.74 Å². The highest BCUT2D eigenvalue weighted by Gasteiger charge is 2.35. The van der Waals surface area contributed by atoms with Gasteiger partial charge in [0, 0.05) is 7.05 Å². The zero-order valence-electron chi connectivity index (χ0n) is 9.74. The molecule has 0 fully saturated rings. The molecular formula is C12H14N2O3. The number of nitrogens with zero attached hydrogens (tertiary/aromatic N) is 2. The second-order valence-corrected chi connectivity index (χ2v) is 3.68. The summed E-state index contributed by atoms with van der Waals surface area (Å²) < 4.78 is 5.37. The van der Waals surface area contributed by atoms with Crippen molar-refractivity contribution in [1.82, 2.24) is 5.06 Å². The van der Waals surface area contributed by atoms with E-state index in [2.05, 4.69) is 4.99 Å². The summed E-state index contributed by atoms with van der Waals surface area (Å²) in [7, 11) is 2.99. The first-order valence-corrected chi connectivity index (χ1v) is 5.27. The third-order valence-corrected chi connectivity index (χ3v) is 2.68. The number of amides is 1. The van der Waals surface area contributed by atoms with Gasteiger partial charge in [0.15, 0.2) is 18.5 Å². The predicted molar refractivity (Wildman–Crippen MR) is 62.3 cm³/mol. The van der Waals surface area contributed by atoms with E-state index in [9.17, 15) is 4.79 Å². The lowest BCUT2D eigenvalue weighted by Crippen LogP contribution is -2.36. The largest absolute Gasteiger partial charge is 0.473 e. The van der Waals surface area contributed by atoms with Crippen LogP contribution >= 0.6 is 0 Å². The summed E-state index contributed by atoms with van der Waals surface area (Å²) in [4.78, 5) is 20.9. The number of rotatable bonds is 3. The van der Waals surface area contributed by atoms with Gasteiger partial charge in [0.05, 0.1) is 7.11 Å². The lowest BCUT2D eigenvalue weighted by atomic mass is 10.0. The van der Waals surface area contributed by atoms with E-state index >= 15 is 0 Å². The molecule has 5 heteroatoms. The van der Waals surface area contributed by atoms with E-state index in [1.54, 1.807) is 7.05 Å². The van der Waals surface area contributed by atoms with Crippen molar-refractivity contribution in [2.24, 2.45) is 4.99 Å². The van der Waals surface area contributed by atoms with Gasteiger partial charge >= 0.3 is 0 Å². The van der Waals surface area contributed by atoms with Crippen LogP contribution in [0.3, 0.4) is 0 Å². The minimum Gasteiger partial charge on any atom is -0.473 e. The van der Waals surface area contributed by atoms with Crippen LogP contribution in [0.1, 0.15) is 11.7 Å². The van der Waals surface area contributed by atoms with Crippen molar-refractivity contribution in [2.45, 2.75) is 12.1 Å². The number of benzene rings is 1. The van der Waals surface area contributed by atoms with Gasteiger partial charge in [-0.3, -0.25) is 9.63 Å². The monoisotopic (exact) mass is 234 g/mol. The van der Waals surface area contributed by atoms with Gasteiger partial charge in [-0.05, 0) is 5.56 Å². The maximum atomic E-state index is 12.0. The molecule has 0 spiro atoms. The number of hydrogen-bond acceptors (Lipinski definition) is 4. The summed E-state index contributed by atoms with van der Waals surface area (Å²) in [6.45, 7) is 0. The Balaban J connectivity index is 2.18. The van der Waals surface area contributed by atoms with Gasteiger partial charge in [-0.1, -0.05) is 30.3 Å². The first-order chi connectivity index (χ1) is 8.24. The second kappa shape index (κ2) is 4.97. The van der Waals surface area contributed by atoms with Crippen molar-refractivity contribution in [3.63, 3.8) is 0 Å². The molecule has 1 aliphatic rings. The molecule has 0 aliphatic carbocycles. The molecular weight excluding hydrogens is 220 g/mol. The summed E-state index contributed by atoms with van der Waals surface area (Å²) in [6.07, 6.45) is 0.949. The van der Waals surface area contributed by atoms with Crippen molar-refractivity contribution in [3.8, 4) is 0 Å². The Hall–Kier alpha value is -1.88. The molecule has 0 bridgehead atoms. The summed E-state index contributed by atoms with van der Waals surface area (Å²) >= 11 is 0. The van der Waals surface area contributed by atoms with E-state index < -0.39 is 6.04 Å². The highest BCUT2D eigenvalue weighted by molar-refractivity contribution is 5.84. The molecule has 0 saturated heterocycles. The molecule has 0 aromatic heterocycles. The maximum absolute atomic E-state index is 12.0. The van der Waals surface area contributed by atoms with Crippen LogP contribution in [-0.4, -0.2) is 37.6 Å². The van der Waals surface area contributed by atoms with Crippen molar-refractivity contribution in [1.29, 1.82) is 0 Å². The minimum atomic E-state index is -0.581. The first kappa shape index (κ1) is 11.6. The minimum absolute atomic E-state index is 0.227. The van der Waals surface area contributed by atoms with Crippen LogP contribution < -0.4 is 0 Å². The van der Waals surface area contributed by atoms with Gasteiger partial charge in [-0.15, -0.1) is 0 Å². The van der Waals surface area contributed by atoms with Crippen molar-refractivity contribution in [2.75, 3.05) is 14.2 Å². The van der Waals surface area contributed by atoms with E-state index in [0.717, 1.165) is 10.6 Å². The van der Waals surface area contributed by atoms with Crippen LogP contribution in [0.25, 0.3) is 0 Å². The zero-order valence-corrected chi connectivity index (χ0v) is 9.74. The Morgan fingerprint density at radius 2 is 2.12 bits per heavy atom. The molecule has 1 amide bonds. The Labute approximate surface area is 99.6 Å². The molecule has 1 aliphatic heterocycles. The number of likely N-dealkylation sites (N-methyl/N-ethyl adjacent to an activating group) is 1. The summed E-state index contributed by atoms with van der Waals surface area (Å²) in [5.74, 6) is -0.227. The topological polar surface area (TPSA) is 51.1 Å². The van der Waals surface area contributed by atoms with Gasteiger partial charge in [-0.2, -0.15) is 0 Å². The molecule has 0 unspecified atom stereocenters. The van der Waals surface area contributed by atoms with Crippen LogP contribution in [0.15, 0.2) is 35.3 Å². The van der Waals surface area contributed by atoms with Crippen LogP contribution in [0.5, 0.6) is 0 Å². The molecule has 5 nitrogen and oxygen atoms in total. The molecule has 0 radical (unpaired) electrons. The van der Waals surface area contributed by atoms with Crippen LogP contribution in [-0.2, 0) is 14.4 Å². The third kappa shape index (κ3) is 2.29. The Kier molecular flexibility index (Phi) is 3.39. The molecule has 1 aromatic rings. The van der Waals surface area contributed by atoms with E-state index in [1.807, 2.05) is 30.3 Å². The average molecular weight is 234 g/mol. The van der Waals surface area contributed by atoms with Crippen molar-refractivity contribution >= 4 is 12.3 Å². The fourth-order valence-corrected chi connectivity index (χ4v) is 1.69. The van der Waals surface area contributed by atoms with Gasteiger partial charge in [0.2, 0.25) is 0 Å². The fourth-order valence-electron chi connectivity index (χ4n) is 1.69. The molecule has 2 atom stereocenters. The lowest BCUT2D eigenvalue weighted by molar-refractivity contribution is -0.171. The summed E-state index contributed by atoms with van der Waals surface area (Å²) in [5.41, 5.74) is 0.924.